The fraction of sp³-hybridized carbons (Fsp3) is 0.571. The second-order valence-corrected chi connectivity index (χ2v) is 5.32. The average Bonchev–Trinajstić information content (AvgIpc) is 2.29. The Morgan fingerprint density at radius 3 is 2.75 bits per heavy atom. The number of rotatable bonds is 7. The number of benzene rings is 1. The molecule has 0 spiro atoms. The van der Waals surface area contributed by atoms with Gasteiger partial charge >= 0.3 is 0 Å². The number of unbranched alkanes of at least 4 members (excludes halogenated alkanes) is 1. The standard InChI is InChI=1S/C14H22OS/c1-3-5-7-12(4-2)11-16-14-9-6-8-13(15)10-14/h6,8-10,12,15H,3-5,7,11H2,1-2H3. The van der Waals surface area contributed by atoms with Crippen molar-refractivity contribution in [2.75, 3.05) is 5.75 Å². The van der Waals surface area contributed by atoms with E-state index in [1.807, 2.05) is 23.9 Å². The number of hydrogen-bond donors (Lipinski definition) is 1. The highest BCUT2D eigenvalue weighted by molar-refractivity contribution is 7.99. The summed E-state index contributed by atoms with van der Waals surface area (Å²) in [7, 11) is 0. The van der Waals surface area contributed by atoms with Crippen molar-refractivity contribution < 1.29 is 5.11 Å². The van der Waals surface area contributed by atoms with Crippen molar-refractivity contribution in [3.63, 3.8) is 0 Å². The first kappa shape index (κ1) is 13.4. The van der Waals surface area contributed by atoms with E-state index in [0.717, 1.165) is 5.92 Å². The van der Waals surface area contributed by atoms with Crippen molar-refractivity contribution in [2.45, 2.75) is 44.4 Å². The van der Waals surface area contributed by atoms with Gasteiger partial charge in [-0.05, 0) is 30.5 Å². The van der Waals surface area contributed by atoms with Crippen molar-refractivity contribution in [1.29, 1.82) is 0 Å². The van der Waals surface area contributed by atoms with Crippen molar-refractivity contribution in [2.24, 2.45) is 5.92 Å². The normalized spacial score (nSPS) is 12.6. The lowest BCUT2D eigenvalue weighted by atomic mass is 10.0. The molecule has 0 aromatic heterocycles. The summed E-state index contributed by atoms with van der Waals surface area (Å²) in [5.74, 6) is 2.35. The highest BCUT2D eigenvalue weighted by Gasteiger charge is 2.06. The molecule has 0 saturated heterocycles. The SMILES string of the molecule is CCCCC(CC)CSc1cccc(O)c1. The van der Waals surface area contributed by atoms with Gasteiger partial charge in [0.05, 0.1) is 0 Å². The summed E-state index contributed by atoms with van der Waals surface area (Å²) >= 11 is 1.86. The van der Waals surface area contributed by atoms with Crippen LogP contribution in [-0.2, 0) is 0 Å². The molecule has 0 saturated carbocycles. The molecule has 1 aromatic rings. The maximum absolute atomic E-state index is 9.36. The Labute approximate surface area is 103 Å². The predicted octanol–water partition coefficient (Wildman–Crippen LogP) is 4.70. The van der Waals surface area contributed by atoms with Crippen LogP contribution < -0.4 is 0 Å². The molecule has 0 aliphatic rings. The van der Waals surface area contributed by atoms with Gasteiger partial charge in [0.25, 0.3) is 0 Å². The minimum atomic E-state index is 0.367. The number of hydrogen-bond acceptors (Lipinski definition) is 2. The maximum atomic E-state index is 9.36. The molecule has 0 bridgehead atoms. The second kappa shape index (κ2) is 7.61. The van der Waals surface area contributed by atoms with Gasteiger partial charge in [-0.15, -0.1) is 11.8 Å². The highest BCUT2D eigenvalue weighted by atomic mass is 32.2. The van der Waals surface area contributed by atoms with Crippen LogP contribution >= 0.6 is 11.8 Å². The van der Waals surface area contributed by atoms with E-state index in [-0.39, 0.29) is 0 Å². The smallest absolute Gasteiger partial charge is 0.116 e. The van der Waals surface area contributed by atoms with Gasteiger partial charge < -0.3 is 5.11 Å². The van der Waals surface area contributed by atoms with Crippen LogP contribution in [0.5, 0.6) is 5.75 Å². The van der Waals surface area contributed by atoms with Crippen LogP contribution in [0.25, 0.3) is 0 Å². The van der Waals surface area contributed by atoms with Gasteiger partial charge in [-0.3, -0.25) is 0 Å². The maximum Gasteiger partial charge on any atom is 0.116 e. The van der Waals surface area contributed by atoms with Crippen LogP contribution in [0.15, 0.2) is 29.2 Å². The van der Waals surface area contributed by atoms with E-state index < -0.39 is 0 Å². The Balaban J connectivity index is 2.37. The topological polar surface area (TPSA) is 20.2 Å². The van der Waals surface area contributed by atoms with Crippen molar-refractivity contribution in [3.8, 4) is 5.75 Å². The number of aromatic hydroxyl groups is 1. The highest BCUT2D eigenvalue weighted by Crippen LogP contribution is 2.26. The largest absolute Gasteiger partial charge is 0.508 e. The van der Waals surface area contributed by atoms with Crippen LogP contribution in [0.1, 0.15) is 39.5 Å². The van der Waals surface area contributed by atoms with Crippen LogP contribution in [0, 0.1) is 5.92 Å². The van der Waals surface area contributed by atoms with Crippen LogP contribution in [0.2, 0.25) is 0 Å². The minimum absolute atomic E-state index is 0.367. The summed E-state index contributed by atoms with van der Waals surface area (Å²) in [4.78, 5) is 1.18. The van der Waals surface area contributed by atoms with Crippen molar-refractivity contribution in [1.82, 2.24) is 0 Å². The third kappa shape index (κ3) is 4.93. The van der Waals surface area contributed by atoms with Gasteiger partial charge in [0.1, 0.15) is 5.75 Å². The summed E-state index contributed by atoms with van der Waals surface area (Å²) < 4.78 is 0. The van der Waals surface area contributed by atoms with Crippen LogP contribution in [0.3, 0.4) is 0 Å². The average molecular weight is 238 g/mol. The molecule has 1 unspecified atom stereocenters. The molecule has 0 amide bonds. The summed E-state index contributed by atoms with van der Waals surface area (Å²) in [6.45, 7) is 4.51. The lowest BCUT2D eigenvalue weighted by molar-refractivity contribution is 0.473. The Hall–Kier alpha value is -0.630. The molecule has 2 heteroatoms. The van der Waals surface area contributed by atoms with E-state index in [9.17, 15) is 5.11 Å². The van der Waals surface area contributed by atoms with Crippen LogP contribution in [-0.4, -0.2) is 10.9 Å². The molecule has 90 valence electrons. The molecule has 0 aliphatic heterocycles. The summed E-state index contributed by atoms with van der Waals surface area (Å²) in [5.41, 5.74) is 0. The fourth-order valence-corrected chi connectivity index (χ4v) is 2.89. The van der Waals surface area contributed by atoms with Gasteiger partial charge in [-0.1, -0.05) is 39.2 Å². The molecule has 1 N–H and O–H groups in total. The first-order valence-electron chi connectivity index (χ1n) is 6.18. The van der Waals surface area contributed by atoms with Gasteiger partial charge in [0.2, 0.25) is 0 Å². The van der Waals surface area contributed by atoms with E-state index >= 15 is 0 Å². The molecule has 0 radical (unpaired) electrons. The number of thioether (sulfide) groups is 1. The zero-order valence-corrected chi connectivity index (χ0v) is 11.1. The molecule has 0 fully saturated rings. The van der Waals surface area contributed by atoms with E-state index in [1.165, 1.54) is 36.3 Å². The first-order valence-corrected chi connectivity index (χ1v) is 7.16. The molecule has 0 heterocycles. The van der Waals surface area contributed by atoms with E-state index in [4.69, 9.17) is 0 Å². The zero-order valence-electron chi connectivity index (χ0n) is 10.3. The van der Waals surface area contributed by atoms with Crippen LogP contribution in [0.4, 0.5) is 0 Å². The fourth-order valence-electron chi connectivity index (χ4n) is 1.69. The van der Waals surface area contributed by atoms with Crippen molar-refractivity contribution >= 4 is 11.8 Å². The molecule has 16 heavy (non-hydrogen) atoms. The molecular formula is C14H22OS. The lowest BCUT2D eigenvalue weighted by Crippen LogP contribution is -2.01. The van der Waals surface area contributed by atoms with E-state index in [2.05, 4.69) is 19.9 Å². The number of phenolic OH excluding ortho intramolecular Hbond substituents is 1. The summed E-state index contributed by atoms with van der Waals surface area (Å²) in [5, 5.41) is 9.36. The van der Waals surface area contributed by atoms with Gasteiger partial charge in [0, 0.05) is 10.6 Å². The second-order valence-electron chi connectivity index (χ2n) is 4.22. The Morgan fingerprint density at radius 1 is 1.31 bits per heavy atom. The van der Waals surface area contributed by atoms with E-state index in [0.29, 0.717) is 5.75 Å². The predicted molar refractivity (Wildman–Crippen MR) is 72.1 cm³/mol. The summed E-state index contributed by atoms with van der Waals surface area (Å²) in [6.07, 6.45) is 5.21. The third-order valence-electron chi connectivity index (χ3n) is 2.85. The summed E-state index contributed by atoms with van der Waals surface area (Å²) in [6, 6.07) is 7.54. The molecule has 1 atom stereocenters. The third-order valence-corrected chi connectivity index (χ3v) is 4.07. The lowest BCUT2D eigenvalue weighted by Gasteiger charge is -2.13. The molecule has 1 aromatic carbocycles. The Bertz CT molecular complexity index is 299. The molecule has 1 nitrogen and oxygen atoms in total. The first-order chi connectivity index (χ1) is 7.76. The monoisotopic (exact) mass is 238 g/mol. The van der Waals surface area contributed by atoms with Gasteiger partial charge in [0.15, 0.2) is 0 Å². The number of phenols is 1. The molecule has 0 aliphatic carbocycles. The Morgan fingerprint density at radius 2 is 2.12 bits per heavy atom. The molecule has 1 rings (SSSR count). The molecular weight excluding hydrogens is 216 g/mol. The van der Waals surface area contributed by atoms with Gasteiger partial charge in [-0.25, -0.2) is 0 Å². The van der Waals surface area contributed by atoms with Crippen molar-refractivity contribution in [3.05, 3.63) is 24.3 Å². The quantitative estimate of drug-likeness (QED) is 0.695. The Kier molecular flexibility index (Phi) is 6.39. The van der Waals surface area contributed by atoms with Gasteiger partial charge in [-0.2, -0.15) is 0 Å². The zero-order chi connectivity index (χ0) is 11.8. The van der Waals surface area contributed by atoms with E-state index in [1.54, 1.807) is 6.07 Å². The minimum Gasteiger partial charge on any atom is -0.508 e.